The Labute approximate surface area is 250 Å². The van der Waals surface area contributed by atoms with Gasteiger partial charge in [-0.1, -0.05) is 26.7 Å². The Kier molecular flexibility index (Phi) is 23.5. The minimum Gasteiger partial charge on any atom is -0.382 e. The van der Waals surface area contributed by atoms with Crippen molar-refractivity contribution in [1.29, 1.82) is 0 Å². The van der Waals surface area contributed by atoms with Crippen LogP contribution in [0.3, 0.4) is 0 Å². The number of carbonyl (C=O) groups excluding carboxylic acids is 2. The fourth-order valence-electron chi connectivity index (χ4n) is 3.41. The van der Waals surface area contributed by atoms with Gasteiger partial charge in [0.2, 0.25) is 0 Å². The summed E-state index contributed by atoms with van der Waals surface area (Å²) in [5.74, 6) is -0.962. The molecule has 0 saturated heterocycles. The molecule has 0 atom stereocenters. The molecule has 4 N–H and O–H groups in total. The van der Waals surface area contributed by atoms with Gasteiger partial charge in [-0.15, -0.1) is 0 Å². The van der Waals surface area contributed by atoms with Crippen molar-refractivity contribution in [3.8, 4) is 0 Å². The lowest BCUT2D eigenvalue weighted by atomic mass is 10.2. The number of hydrogen-bond acceptors (Lipinski definition) is 11. The summed E-state index contributed by atoms with van der Waals surface area (Å²) in [4.78, 5) is 33.4. The quantitative estimate of drug-likeness (QED) is 0.121. The van der Waals surface area contributed by atoms with Crippen LogP contribution in [-0.2, 0) is 28.4 Å². The highest BCUT2D eigenvalue weighted by molar-refractivity contribution is 5.98. The molecule has 0 aromatic carbocycles. The van der Waals surface area contributed by atoms with Crippen LogP contribution >= 0.6 is 0 Å². The number of amides is 2. The number of nitrogens with zero attached hydrogens (tertiary/aromatic N) is 2. The van der Waals surface area contributed by atoms with Gasteiger partial charge >= 0.3 is 0 Å². The van der Waals surface area contributed by atoms with Crippen molar-refractivity contribution in [1.82, 2.24) is 20.6 Å². The van der Waals surface area contributed by atoms with Crippen LogP contribution in [0.4, 0.5) is 5.82 Å². The molecule has 1 aromatic heterocycles. The molecule has 0 aliphatic rings. The molecule has 1 heterocycles. The van der Waals surface area contributed by atoms with Crippen LogP contribution in [-0.4, -0.2) is 114 Å². The number of hydrogen-bond donors (Lipinski definition) is 3. The Bertz CT molecular complexity index is 779. The Morgan fingerprint density at radius 2 is 0.929 bits per heavy atom. The van der Waals surface area contributed by atoms with E-state index in [4.69, 9.17) is 34.2 Å². The molecule has 2 amide bonds. The van der Waals surface area contributed by atoms with Gasteiger partial charge in [0, 0.05) is 39.5 Å². The fourth-order valence-corrected chi connectivity index (χ4v) is 3.41. The summed E-state index contributed by atoms with van der Waals surface area (Å²) < 4.78 is 32.7. The normalized spacial score (nSPS) is 11.1. The number of ether oxygens (including phenoxy) is 6. The lowest BCUT2D eigenvalue weighted by Gasteiger charge is -2.11. The molecule has 1 aromatic rings. The second kappa shape index (κ2) is 26.2. The Balaban J connectivity index is 2.15. The lowest BCUT2D eigenvalue weighted by Crippen LogP contribution is -2.31. The summed E-state index contributed by atoms with van der Waals surface area (Å²) in [5, 5.41) is 5.53. The molecule has 0 aliphatic carbocycles. The van der Waals surface area contributed by atoms with Crippen LogP contribution in [0.1, 0.15) is 79.0 Å². The molecule has 242 valence electrons. The van der Waals surface area contributed by atoms with E-state index in [1.54, 1.807) is 6.92 Å². The number of rotatable bonds is 28. The van der Waals surface area contributed by atoms with Crippen molar-refractivity contribution in [2.24, 2.45) is 0 Å². The number of carbonyl (C=O) groups is 2. The predicted octanol–water partition coefficient (Wildman–Crippen LogP) is 2.31. The lowest BCUT2D eigenvalue weighted by molar-refractivity contribution is 0.0137. The third kappa shape index (κ3) is 18.9. The van der Waals surface area contributed by atoms with Gasteiger partial charge in [-0.05, 0) is 32.6 Å². The fraction of sp³-hybridized carbons (Fsp3) is 0.793. The molecule has 1 rings (SSSR count). The molecule has 0 spiro atoms. The van der Waals surface area contributed by atoms with Gasteiger partial charge in [-0.25, -0.2) is 9.97 Å². The van der Waals surface area contributed by atoms with Crippen LogP contribution in [0, 0.1) is 6.92 Å². The van der Waals surface area contributed by atoms with Crippen LogP contribution in [0.5, 0.6) is 0 Å². The molecule has 0 saturated carbocycles. The van der Waals surface area contributed by atoms with Gasteiger partial charge in [0.15, 0.2) is 17.2 Å². The highest BCUT2D eigenvalue weighted by Gasteiger charge is 2.19. The van der Waals surface area contributed by atoms with Crippen molar-refractivity contribution in [2.45, 2.75) is 59.3 Å². The largest absolute Gasteiger partial charge is 0.382 e. The van der Waals surface area contributed by atoms with E-state index >= 15 is 0 Å². The van der Waals surface area contributed by atoms with Crippen LogP contribution in [0.15, 0.2) is 0 Å². The third-order valence-electron chi connectivity index (χ3n) is 5.80. The van der Waals surface area contributed by atoms with Crippen molar-refractivity contribution in [2.75, 3.05) is 98.1 Å². The molecule has 13 nitrogen and oxygen atoms in total. The Morgan fingerprint density at radius 3 is 1.33 bits per heavy atom. The summed E-state index contributed by atoms with van der Waals surface area (Å²) in [6.45, 7) is 13.4. The number of unbranched alkanes of at least 4 members (excludes halogenated alkanes) is 2. The molecule has 0 radical (unpaired) electrons. The first-order chi connectivity index (χ1) is 20.5. The van der Waals surface area contributed by atoms with E-state index in [9.17, 15) is 9.59 Å². The minimum atomic E-state index is -0.452. The second-order valence-electron chi connectivity index (χ2n) is 9.49. The van der Waals surface area contributed by atoms with Crippen molar-refractivity contribution in [3.05, 3.63) is 17.1 Å². The maximum Gasteiger partial charge on any atom is 0.273 e. The van der Waals surface area contributed by atoms with Gasteiger partial charge in [0.1, 0.15) is 0 Å². The zero-order chi connectivity index (χ0) is 30.7. The summed E-state index contributed by atoms with van der Waals surface area (Å²) in [7, 11) is 0. The highest BCUT2D eigenvalue weighted by Crippen LogP contribution is 2.11. The van der Waals surface area contributed by atoms with Gasteiger partial charge in [-0.2, -0.15) is 0 Å². The maximum absolute atomic E-state index is 12.5. The number of nitrogens with two attached hydrogens (primary N) is 1. The third-order valence-corrected chi connectivity index (χ3v) is 5.80. The number of nitrogens with one attached hydrogen (secondary N) is 2. The number of aromatic nitrogens is 2. The first-order valence-electron chi connectivity index (χ1n) is 15.2. The molecule has 0 bridgehead atoms. The summed E-state index contributed by atoms with van der Waals surface area (Å²) in [5.41, 5.74) is 6.34. The van der Waals surface area contributed by atoms with E-state index < -0.39 is 11.8 Å². The smallest absolute Gasteiger partial charge is 0.273 e. The SMILES string of the molecule is CCCCOCCOCCOCCCNC(=O)c1nc(N)c(C(=O)NCCCOCCOCCOCCCC)nc1C. The summed E-state index contributed by atoms with van der Waals surface area (Å²) in [6, 6.07) is 0. The zero-order valence-corrected chi connectivity index (χ0v) is 25.9. The molecule has 0 aliphatic heterocycles. The van der Waals surface area contributed by atoms with E-state index in [1.165, 1.54) is 0 Å². The van der Waals surface area contributed by atoms with E-state index in [0.29, 0.717) is 97.7 Å². The van der Waals surface area contributed by atoms with Gasteiger partial charge in [-0.3, -0.25) is 9.59 Å². The molecular formula is C29H53N5O8. The van der Waals surface area contributed by atoms with E-state index in [0.717, 1.165) is 38.9 Å². The standard InChI is InChI=1S/C29H53N5O8/c1-4-6-12-37-16-20-41-22-18-39-14-8-10-31-28(35)25-24(3)33-26(27(30)34-25)29(36)32-11-9-15-40-19-23-42-21-17-38-13-7-5-2/h4-23H2,1-3H3,(H2,30,34)(H,31,35)(H,32,36). The summed E-state index contributed by atoms with van der Waals surface area (Å²) in [6.07, 6.45) is 5.60. The second-order valence-corrected chi connectivity index (χ2v) is 9.49. The molecule has 13 heteroatoms. The van der Waals surface area contributed by atoms with E-state index in [2.05, 4.69) is 34.4 Å². The van der Waals surface area contributed by atoms with Crippen LogP contribution < -0.4 is 16.4 Å². The maximum atomic E-state index is 12.5. The Hall–Kier alpha value is -2.42. The molecule has 0 unspecified atom stereocenters. The number of anilines is 1. The van der Waals surface area contributed by atoms with E-state index in [-0.39, 0.29) is 17.2 Å². The van der Waals surface area contributed by atoms with Crippen molar-refractivity contribution in [3.63, 3.8) is 0 Å². The average Bonchev–Trinajstić information content (AvgIpc) is 2.98. The first kappa shape index (κ1) is 37.6. The zero-order valence-electron chi connectivity index (χ0n) is 25.9. The predicted molar refractivity (Wildman–Crippen MR) is 160 cm³/mol. The van der Waals surface area contributed by atoms with Crippen LogP contribution in [0.2, 0.25) is 0 Å². The van der Waals surface area contributed by atoms with Gasteiger partial charge in [0.05, 0.1) is 58.5 Å². The molecule has 0 fully saturated rings. The minimum absolute atomic E-state index is 0.0114. The first-order valence-corrected chi connectivity index (χ1v) is 15.2. The summed E-state index contributed by atoms with van der Waals surface area (Å²) >= 11 is 0. The monoisotopic (exact) mass is 599 g/mol. The highest BCUT2D eigenvalue weighted by atomic mass is 16.5. The molecular weight excluding hydrogens is 546 g/mol. The number of nitrogen functional groups attached to an aromatic ring is 1. The van der Waals surface area contributed by atoms with E-state index in [1.807, 2.05) is 0 Å². The number of aryl methyl sites for hydroxylation is 1. The average molecular weight is 600 g/mol. The van der Waals surface area contributed by atoms with Crippen molar-refractivity contribution < 1.29 is 38.0 Å². The molecule has 42 heavy (non-hydrogen) atoms. The van der Waals surface area contributed by atoms with Crippen molar-refractivity contribution >= 4 is 17.6 Å². The van der Waals surface area contributed by atoms with Gasteiger partial charge < -0.3 is 44.8 Å². The van der Waals surface area contributed by atoms with Crippen LogP contribution in [0.25, 0.3) is 0 Å². The Morgan fingerprint density at radius 1 is 0.571 bits per heavy atom. The topological polar surface area (TPSA) is 165 Å². The van der Waals surface area contributed by atoms with Gasteiger partial charge in [0.25, 0.3) is 11.8 Å².